The maximum absolute atomic E-state index is 11.9. The molecule has 0 fully saturated rings. The molecule has 0 aliphatic carbocycles. The Balaban J connectivity index is 2.66. The maximum Gasteiger partial charge on any atom is 0.349 e. The van der Waals surface area contributed by atoms with Crippen LogP contribution in [0.25, 0.3) is 6.08 Å². The number of anilines is 1. The highest BCUT2D eigenvalue weighted by Crippen LogP contribution is 2.17. The van der Waals surface area contributed by atoms with E-state index in [-0.39, 0.29) is 24.4 Å². The number of nitriles is 1. The molecule has 0 amide bonds. The largest absolute Gasteiger partial charge is 0.459 e. The zero-order valence-electron chi connectivity index (χ0n) is 15.4. The molecule has 0 aliphatic rings. The van der Waals surface area contributed by atoms with E-state index in [2.05, 4.69) is 25.3 Å². The summed E-state index contributed by atoms with van der Waals surface area (Å²) in [4.78, 5) is 25.3. The SMILES string of the molecule is C=C(C)C(=O)OCCOC(=O)/C(C#N)=C/c1ccc(N(CC)CC)cc1. The first-order valence-electron chi connectivity index (χ1n) is 8.39. The van der Waals surface area contributed by atoms with E-state index in [1.807, 2.05) is 30.3 Å². The first-order valence-corrected chi connectivity index (χ1v) is 8.39. The molecule has 0 unspecified atom stereocenters. The molecule has 0 radical (unpaired) electrons. The molecular weight excluding hydrogens is 332 g/mol. The predicted molar refractivity (Wildman–Crippen MR) is 100 cm³/mol. The number of hydrogen-bond acceptors (Lipinski definition) is 6. The number of esters is 2. The fraction of sp³-hybridized carbons (Fsp3) is 0.350. The van der Waals surface area contributed by atoms with Gasteiger partial charge in [-0.25, -0.2) is 9.59 Å². The molecule has 0 saturated heterocycles. The number of ether oxygens (including phenoxy) is 2. The lowest BCUT2D eigenvalue weighted by molar-refractivity contribution is -0.147. The Morgan fingerprint density at radius 2 is 1.65 bits per heavy atom. The Morgan fingerprint density at radius 3 is 2.12 bits per heavy atom. The van der Waals surface area contributed by atoms with E-state index in [9.17, 15) is 9.59 Å². The van der Waals surface area contributed by atoms with Crippen molar-refractivity contribution in [2.75, 3.05) is 31.2 Å². The van der Waals surface area contributed by atoms with Crippen molar-refractivity contribution in [1.29, 1.82) is 5.26 Å². The van der Waals surface area contributed by atoms with Crippen molar-refractivity contribution in [2.45, 2.75) is 20.8 Å². The minimum atomic E-state index is -0.758. The van der Waals surface area contributed by atoms with E-state index in [4.69, 9.17) is 14.7 Å². The van der Waals surface area contributed by atoms with Gasteiger partial charge in [0.05, 0.1) is 0 Å². The van der Waals surface area contributed by atoms with Gasteiger partial charge in [0, 0.05) is 24.4 Å². The molecule has 138 valence electrons. The summed E-state index contributed by atoms with van der Waals surface area (Å²) in [6.45, 7) is 10.7. The summed E-state index contributed by atoms with van der Waals surface area (Å²) in [7, 11) is 0. The van der Waals surface area contributed by atoms with E-state index in [0.717, 1.165) is 24.3 Å². The van der Waals surface area contributed by atoms with Crippen LogP contribution in [0.2, 0.25) is 0 Å². The number of carbonyl (C=O) groups is 2. The van der Waals surface area contributed by atoms with Crippen LogP contribution in [0.4, 0.5) is 5.69 Å². The maximum atomic E-state index is 11.9. The Morgan fingerprint density at radius 1 is 1.12 bits per heavy atom. The lowest BCUT2D eigenvalue weighted by atomic mass is 10.1. The third-order valence-electron chi connectivity index (χ3n) is 3.57. The Kier molecular flexibility index (Phi) is 8.65. The van der Waals surface area contributed by atoms with Gasteiger partial charge in [-0.15, -0.1) is 0 Å². The smallest absolute Gasteiger partial charge is 0.349 e. The van der Waals surface area contributed by atoms with Crippen LogP contribution < -0.4 is 4.90 Å². The molecule has 0 atom stereocenters. The zero-order chi connectivity index (χ0) is 19.5. The molecule has 6 nitrogen and oxygen atoms in total. The topological polar surface area (TPSA) is 79.6 Å². The summed E-state index contributed by atoms with van der Waals surface area (Å²) in [6.07, 6.45) is 1.47. The van der Waals surface area contributed by atoms with Crippen LogP contribution in [0, 0.1) is 11.3 Å². The molecule has 1 aromatic rings. The molecule has 0 aliphatic heterocycles. The normalized spacial score (nSPS) is 10.6. The number of nitrogens with zero attached hydrogens (tertiary/aromatic N) is 2. The summed E-state index contributed by atoms with van der Waals surface area (Å²) >= 11 is 0. The van der Waals surface area contributed by atoms with Gasteiger partial charge in [-0.3, -0.25) is 0 Å². The fourth-order valence-corrected chi connectivity index (χ4v) is 2.14. The van der Waals surface area contributed by atoms with Crippen molar-refractivity contribution < 1.29 is 19.1 Å². The highest BCUT2D eigenvalue weighted by atomic mass is 16.6. The quantitative estimate of drug-likeness (QED) is 0.293. The van der Waals surface area contributed by atoms with Gasteiger partial charge in [0.25, 0.3) is 0 Å². The highest BCUT2D eigenvalue weighted by molar-refractivity contribution is 5.97. The van der Waals surface area contributed by atoms with E-state index in [0.29, 0.717) is 0 Å². The fourth-order valence-electron chi connectivity index (χ4n) is 2.14. The number of rotatable bonds is 9. The van der Waals surface area contributed by atoms with Gasteiger partial charge in [-0.1, -0.05) is 18.7 Å². The Labute approximate surface area is 154 Å². The summed E-state index contributed by atoms with van der Waals surface area (Å²) in [5, 5.41) is 9.17. The average molecular weight is 356 g/mol. The summed E-state index contributed by atoms with van der Waals surface area (Å²) in [5.74, 6) is -1.31. The first kappa shape index (κ1) is 21.0. The number of benzene rings is 1. The first-order chi connectivity index (χ1) is 12.4. The van der Waals surface area contributed by atoms with E-state index in [1.165, 1.54) is 13.0 Å². The van der Waals surface area contributed by atoms with Crippen molar-refractivity contribution in [2.24, 2.45) is 0 Å². The van der Waals surface area contributed by atoms with Crippen LogP contribution in [0.3, 0.4) is 0 Å². The molecule has 0 aromatic heterocycles. The van der Waals surface area contributed by atoms with Crippen LogP contribution in [0.5, 0.6) is 0 Å². The second kappa shape index (κ2) is 10.7. The minimum Gasteiger partial charge on any atom is -0.459 e. The van der Waals surface area contributed by atoms with E-state index in [1.54, 1.807) is 0 Å². The van der Waals surface area contributed by atoms with Gasteiger partial charge in [-0.2, -0.15) is 5.26 Å². The lowest BCUT2D eigenvalue weighted by Gasteiger charge is -2.20. The van der Waals surface area contributed by atoms with Crippen molar-refractivity contribution in [3.8, 4) is 6.07 Å². The van der Waals surface area contributed by atoms with Crippen molar-refractivity contribution in [3.63, 3.8) is 0 Å². The zero-order valence-corrected chi connectivity index (χ0v) is 15.4. The van der Waals surface area contributed by atoms with Crippen LogP contribution in [-0.4, -0.2) is 38.2 Å². The molecular formula is C20H24N2O4. The molecule has 1 aromatic carbocycles. The van der Waals surface area contributed by atoms with Gasteiger partial charge in [0.15, 0.2) is 0 Å². The van der Waals surface area contributed by atoms with Crippen molar-refractivity contribution in [1.82, 2.24) is 0 Å². The van der Waals surface area contributed by atoms with Crippen LogP contribution in [-0.2, 0) is 19.1 Å². The van der Waals surface area contributed by atoms with Crippen LogP contribution in [0.1, 0.15) is 26.3 Å². The monoisotopic (exact) mass is 356 g/mol. The third-order valence-corrected chi connectivity index (χ3v) is 3.57. The summed E-state index contributed by atoms with van der Waals surface area (Å²) in [6, 6.07) is 9.39. The molecule has 26 heavy (non-hydrogen) atoms. The molecule has 1 rings (SSSR count). The van der Waals surface area contributed by atoms with Crippen LogP contribution >= 0.6 is 0 Å². The molecule has 0 N–H and O–H groups in total. The Bertz CT molecular complexity index is 710. The average Bonchev–Trinajstić information content (AvgIpc) is 2.64. The van der Waals surface area contributed by atoms with Crippen molar-refractivity contribution in [3.05, 3.63) is 47.6 Å². The molecule has 0 spiro atoms. The van der Waals surface area contributed by atoms with E-state index < -0.39 is 11.9 Å². The standard InChI is InChI=1S/C20H24N2O4/c1-5-22(6-2)18-9-7-16(8-10-18)13-17(14-21)20(24)26-12-11-25-19(23)15(3)4/h7-10,13H,3,5-6,11-12H2,1-2,4H3/b17-13+. The minimum absolute atomic E-state index is 0.0886. The van der Waals surface area contributed by atoms with Gasteiger partial charge in [0.1, 0.15) is 24.9 Å². The van der Waals surface area contributed by atoms with E-state index >= 15 is 0 Å². The molecule has 0 saturated carbocycles. The molecule has 6 heteroatoms. The summed E-state index contributed by atoms with van der Waals surface area (Å²) in [5.41, 5.74) is 1.95. The highest BCUT2D eigenvalue weighted by Gasteiger charge is 2.11. The van der Waals surface area contributed by atoms with Gasteiger partial charge in [0.2, 0.25) is 0 Å². The van der Waals surface area contributed by atoms with Crippen LogP contribution in [0.15, 0.2) is 42.0 Å². The van der Waals surface area contributed by atoms with Crippen molar-refractivity contribution >= 4 is 23.7 Å². The van der Waals surface area contributed by atoms with Gasteiger partial charge < -0.3 is 14.4 Å². The second-order valence-corrected chi connectivity index (χ2v) is 5.49. The molecule has 0 heterocycles. The van der Waals surface area contributed by atoms with Gasteiger partial charge in [-0.05, 0) is 44.5 Å². The number of hydrogen-bond donors (Lipinski definition) is 0. The van der Waals surface area contributed by atoms with Gasteiger partial charge >= 0.3 is 11.9 Å². The third kappa shape index (κ3) is 6.44. The second-order valence-electron chi connectivity index (χ2n) is 5.49. The predicted octanol–water partition coefficient (Wildman–Crippen LogP) is 3.10. The number of carbonyl (C=O) groups excluding carboxylic acids is 2. The summed E-state index contributed by atoms with van der Waals surface area (Å²) < 4.78 is 9.77. The molecule has 0 bridgehead atoms. The lowest BCUT2D eigenvalue weighted by Crippen LogP contribution is -2.21. The Hall–Kier alpha value is -3.07.